The van der Waals surface area contributed by atoms with Crippen LogP contribution in [-0.4, -0.2) is 26.0 Å². The van der Waals surface area contributed by atoms with E-state index in [1.54, 1.807) is 38.5 Å². The second-order valence-electron chi connectivity index (χ2n) is 8.91. The summed E-state index contributed by atoms with van der Waals surface area (Å²) in [6, 6.07) is 34.0. The number of benzene rings is 5. The molecule has 1 heterocycles. The maximum absolute atomic E-state index is 13.5. The molecule has 38 heavy (non-hydrogen) atoms. The Morgan fingerprint density at radius 3 is 1.58 bits per heavy atom. The van der Waals surface area contributed by atoms with Crippen molar-refractivity contribution >= 4 is 45.3 Å². The normalized spacial score (nSPS) is 12.5. The highest BCUT2D eigenvalue weighted by Gasteiger charge is 2.33. The molecule has 0 unspecified atom stereocenters. The number of carbonyl (C=O) groups excluding carboxylic acids is 2. The molecule has 0 saturated carbocycles. The van der Waals surface area contributed by atoms with Gasteiger partial charge in [0.2, 0.25) is 0 Å². The summed E-state index contributed by atoms with van der Waals surface area (Å²) in [5.74, 6) is 0.794. The van der Waals surface area contributed by atoms with Crippen molar-refractivity contribution in [3.8, 4) is 11.5 Å². The van der Waals surface area contributed by atoms with Crippen LogP contribution in [0.1, 0.15) is 20.7 Å². The van der Waals surface area contributed by atoms with E-state index in [9.17, 15) is 9.59 Å². The van der Waals surface area contributed by atoms with Gasteiger partial charge in [-0.1, -0.05) is 36.4 Å². The van der Waals surface area contributed by atoms with Crippen LogP contribution in [0.5, 0.6) is 11.5 Å². The molecule has 0 radical (unpaired) electrons. The molecule has 5 aromatic rings. The number of nitrogens with zero attached hydrogens (tertiary/aromatic N) is 2. The number of ether oxygens (including phenoxy) is 2. The quantitative estimate of drug-likeness (QED) is 0.232. The smallest absolute Gasteiger partial charge is 0.265 e. The lowest BCUT2D eigenvalue weighted by atomic mass is 9.94. The molecule has 0 atom stereocenters. The van der Waals surface area contributed by atoms with Crippen molar-refractivity contribution in [2.45, 2.75) is 0 Å². The number of anilines is 4. The minimum atomic E-state index is -0.329. The number of rotatable bonds is 6. The first-order valence-corrected chi connectivity index (χ1v) is 12.2. The molecule has 1 aliphatic rings. The zero-order valence-electron chi connectivity index (χ0n) is 20.9. The van der Waals surface area contributed by atoms with Crippen molar-refractivity contribution in [2.75, 3.05) is 24.0 Å². The van der Waals surface area contributed by atoms with Crippen molar-refractivity contribution in [1.29, 1.82) is 0 Å². The fourth-order valence-corrected chi connectivity index (χ4v) is 4.96. The zero-order chi connectivity index (χ0) is 26.2. The summed E-state index contributed by atoms with van der Waals surface area (Å²) < 4.78 is 10.9. The van der Waals surface area contributed by atoms with Gasteiger partial charge in [-0.05, 0) is 66.0 Å². The molecule has 5 aromatic carbocycles. The number of carbonyl (C=O) groups is 2. The van der Waals surface area contributed by atoms with E-state index in [0.717, 1.165) is 33.9 Å². The van der Waals surface area contributed by atoms with Gasteiger partial charge in [-0.3, -0.25) is 9.59 Å². The average Bonchev–Trinajstić information content (AvgIpc) is 2.97. The van der Waals surface area contributed by atoms with Crippen molar-refractivity contribution in [1.82, 2.24) is 0 Å². The van der Waals surface area contributed by atoms with Gasteiger partial charge in [0.05, 0.1) is 19.9 Å². The summed E-state index contributed by atoms with van der Waals surface area (Å²) in [4.78, 5) is 30.3. The minimum absolute atomic E-state index is 0.329. The minimum Gasteiger partial charge on any atom is -0.497 e. The Morgan fingerprint density at radius 1 is 0.579 bits per heavy atom. The van der Waals surface area contributed by atoms with Gasteiger partial charge < -0.3 is 14.4 Å². The van der Waals surface area contributed by atoms with Gasteiger partial charge in [0.15, 0.2) is 0 Å². The molecular formula is C32H24N2O4. The molecule has 1 aliphatic heterocycles. The van der Waals surface area contributed by atoms with Crippen LogP contribution < -0.4 is 19.3 Å². The Morgan fingerprint density at radius 2 is 1.08 bits per heavy atom. The molecule has 6 rings (SSSR count). The molecule has 0 saturated heterocycles. The first-order chi connectivity index (χ1) is 18.6. The van der Waals surface area contributed by atoms with E-state index in [2.05, 4.69) is 4.90 Å². The van der Waals surface area contributed by atoms with Crippen molar-refractivity contribution < 1.29 is 19.1 Å². The van der Waals surface area contributed by atoms with Crippen LogP contribution in [0.25, 0.3) is 10.8 Å². The summed E-state index contributed by atoms with van der Waals surface area (Å²) in [5, 5.41) is 1.59. The third kappa shape index (κ3) is 3.83. The van der Waals surface area contributed by atoms with Crippen LogP contribution in [-0.2, 0) is 0 Å². The van der Waals surface area contributed by atoms with E-state index in [-0.39, 0.29) is 11.8 Å². The monoisotopic (exact) mass is 500 g/mol. The Hall–Kier alpha value is -5.10. The van der Waals surface area contributed by atoms with Crippen molar-refractivity contribution in [3.63, 3.8) is 0 Å². The number of hydrogen-bond donors (Lipinski definition) is 0. The van der Waals surface area contributed by atoms with Gasteiger partial charge >= 0.3 is 0 Å². The first-order valence-electron chi connectivity index (χ1n) is 12.2. The van der Waals surface area contributed by atoms with Gasteiger partial charge in [0, 0.05) is 45.7 Å². The van der Waals surface area contributed by atoms with E-state index in [1.165, 1.54) is 4.90 Å². The molecule has 186 valence electrons. The van der Waals surface area contributed by atoms with Gasteiger partial charge in [0.25, 0.3) is 11.8 Å². The lowest BCUT2D eigenvalue weighted by molar-refractivity contribution is 0.0893. The van der Waals surface area contributed by atoms with Crippen molar-refractivity contribution in [3.05, 3.63) is 120 Å². The molecule has 6 heteroatoms. The lowest BCUT2D eigenvalue weighted by Crippen LogP contribution is -2.40. The largest absolute Gasteiger partial charge is 0.497 e. The van der Waals surface area contributed by atoms with Gasteiger partial charge in [-0.15, -0.1) is 0 Å². The first kappa shape index (κ1) is 23.3. The van der Waals surface area contributed by atoms with Crippen LogP contribution in [0.4, 0.5) is 22.7 Å². The fourth-order valence-electron chi connectivity index (χ4n) is 4.96. The van der Waals surface area contributed by atoms with Gasteiger partial charge in [0.1, 0.15) is 11.5 Å². The third-order valence-electron chi connectivity index (χ3n) is 6.76. The average molecular weight is 501 g/mol. The molecule has 0 fully saturated rings. The predicted octanol–water partition coefficient (Wildman–Crippen LogP) is 7.13. The number of hydrogen-bond acceptors (Lipinski definition) is 5. The second-order valence-corrected chi connectivity index (χ2v) is 8.91. The molecule has 0 aliphatic carbocycles. The van der Waals surface area contributed by atoms with Crippen molar-refractivity contribution in [2.24, 2.45) is 0 Å². The highest BCUT2D eigenvalue weighted by Crippen LogP contribution is 2.39. The molecule has 0 N–H and O–H groups in total. The molecule has 2 amide bonds. The maximum Gasteiger partial charge on any atom is 0.265 e. The second kappa shape index (κ2) is 9.41. The Labute approximate surface area is 220 Å². The zero-order valence-corrected chi connectivity index (χ0v) is 20.9. The molecule has 6 nitrogen and oxygen atoms in total. The standard InChI is InChI=1S/C32H24N2O4/c1-37-26-11-5-9-24(19-26)33(25-10-6-12-27(20-25)38-2)22-15-17-23(18-16-22)34-31(35)28-13-3-7-21-8-4-14-29(30(21)28)32(34)36/h3-20H,1-2H3. The highest BCUT2D eigenvalue weighted by molar-refractivity contribution is 6.35. The van der Waals surface area contributed by atoms with E-state index < -0.39 is 0 Å². The molecule has 0 spiro atoms. The number of amides is 2. The molecular weight excluding hydrogens is 476 g/mol. The molecule has 0 bridgehead atoms. The Bertz CT molecular complexity index is 1600. The van der Waals surface area contributed by atoms with Crippen LogP contribution in [0.2, 0.25) is 0 Å². The predicted molar refractivity (Wildman–Crippen MR) is 149 cm³/mol. The SMILES string of the molecule is COc1cccc(N(c2ccc(N3C(=O)c4cccc5cccc(c45)C3=O)cc2)c2cccc(OC)c2)c1. The summed E-state index contributed by atoms with van der Waals surface area (Å²) in [5.41, 5.74) is 4.17. The van der Waals surface area contributed by atoms with Crippen LogP contribution >= 0.6 is 0 Å². The van der Waals surface area contributed by atoms with Gasteiger partial charge in [-0.2, -0.15) is 0 Å². The summed E-state index contributed by atoms with van der Waals surface area (Å²) in [6.07, 6.45) is 0. The lowest BCUT2D eigenvalue weighted by Gasteiger charge is -2.29. The van der Waals surface area contributed by atoms with E-state index in [0.29, 0.717) is 22.2 Å². The van der Waals surface area contributed by atoms with Crippen LogP contribution in [0.3, 0.4) is 0 Å². The fraction of sp³-hybridized carbons (Fsp3) is 0.0625. The summed E-state index contributed by atoms with van der Waals surface area (Å²) >= 11 is 0. The van der Waals surface area contributed by atoms with Crippen LogP contribution in [0, 0.1) is 0 Å². The highest BCUT2D eigenvalue weighted by atomic mass is 16.5. The van der Waals surface area contributed by atoms with E-state index in [1.807, 2.05) is 84.9 Å². The maximum atomic E-state index is 13.5. The topological polar surface area (TPSA) is 59.1 Å². The summed E-state index contributed by atoms with van der Waals surface area (Å²) in [7, 11) is 3.27. The number of methoxy groups -OCH3 is 2. The summed E-state index contributed by atoms with van der Waals surface area (Å²) in [6.45, 7) is 0. The molecule has 0 aromatic heterocycles. The van der Waals surface area contributed by atoms with Gasteiger partial charge in [-0.25, -0.2) is 4.90 Å². The Kier molecular flexibility index (Phi) is 5.77. The van der Waals surface area contributed by atoms with E-state index in [4.69, 9.17) is 9.47 Å². The third-order valence-corrected chi connectivity index (χ3v) is 6.76. The number of imide groups is 1. The Balaban J connectivity index is 1.42. The van der Waals surface area contributed by atoms with Crippen LogP contribution in [0.15, 0.2) is 109 Å². The van der Waals surface area contributed by atoms with E-state index >= 15 is 0 Å².